The summed E-state index contributed by atoms with van der Waals surface area (Å²) < 4.78 is 27.4. The Hall–Kier alpha value is -2.75. The summed E-state index contributed by atoms with van der Waals surface area (Å²) in [5, 5.41) is 2.77. The van der Waals surface area contributed by atoms with Crippen LogP contribution in [0.3, 0.4) is 0 Å². The number of carbonyl (C=O) groups is 2. The van der Waals surface area contributed by atoms with Crippen molar-refractivity contribution < 1.29 is 18.0 Å². The summed E-state index contributed by atoms with van der Waals surface area (Å²) in [6.07, 6.45) is 0. The van der Waals surface area contributed by atoms with Crippen molar-refractivity contribution >= 4 is 27.5 Å². The van der Waals surface area contributed by atoms with Crippen LogP contribution in [0.1, 0.15) is 21.5 Å². The molecule has 9 heteroatoms. The second-order valence-electron chi connectivity index (χ2n) is 7.44. The summed E-state index contributed by atoms with van der Waals surface area (Å²) in [5.41, 5.74) is 7.90. The minimum atomic E-state index is -3.55. The average molecular weight is 431 g/mol. The zero-order chi connectivity index (χ0) is 21.9. The van der Waals surface area contributed by atoms with Crippen LogP contribution in [0, 0.1) is 13.8 Å². The Kier molecular flexibility index (Phi) is 6.55. The molecule has 0 saturated carbocycles. The molecule has 30 heavy (non-hydrogen) atoms. The van der Waals surface area contributed by atoms with Gasteiger partial charge in [0.15, 0.2) is 0 Å². The first-order valence-corrected chi connectivity index (χ1v) is 11.1. The number of carbonyl (C=O) groups excluding carboxylic acids is 2. The molecular formula is C21H26N4O4S. The van der Waals surface area contributed by atoms with Gasteiger partial charge in [-0.1, -0.05) is 17.7 Å². The Morgan fingerprint density at radius 3 is 2.20 bits per heavy atom. The molecule has 0 radical (unpaired) electrons. The molecule has 0 aromatic heterocycles. The zero-order valence-corrected chi connectivity index (χ0v) is 17.9. The summed E-state index contributed by atoms with van der Waals surface area (Å²) in [6.45, 7) is 5.49. The summed E-state index contributed by atoms with van der Waals surface area (Å²) in [7, 11) is -3.55. The van der Waals surface area contributed by atoms with Gasteiger partial charge in [-0.25, -0.2) is 8.42 Å². The van der Waals surface area contributed by atoms with Gasteiger partial charge in [0.1, 0.15) is 0 Å². The summed E-state index contributed by atoms with van der Waals surface area (Å²) in [4.78, 5) is 25.6. The van der Waals surface area contributed by atoms with E-state index in [0.717, 1.165) is 11.1 Å². The molecule has 160 valence electrons. The molecule has 0 unspecified atom stereocenters. The van der Waals surface area contributed by atoms with Gasteiger partial charge in [-0.15, -0.1) is 0 Å². The number of anilines is 1. The maximum atomic E-state index is 13.0. The highest BCUT2D eigenvalue weighted by Gasteiger charge is 2.30. The van der Waals surface area contributed by atoms with Crippen LogP contribution in [0.4, 0.5) is 5.69 Å². The third kappa shape index (κ3) is 5.05. The fraction of sp³-hybridized carbons (Fsp3) is 0.333. The maximum absolute atomic E-state index is 13.0. The lowest BCUT2D eigenvalue weighted by atomic mass is 10.2. The molecule has 0 aliphatic carbocycles. The average Bonchev–Trinajstić information content (AvgIpc) is 2.68. The van der Waals surface area contributed by atoms with Gasteiger partial charge < -0.3 is 11.1 Å². The van der Waals surface area contributed by atoms with E-state index >= 15 is 0 Å². The first-order chi connectivity index (χ1) is 14.2. The second kappa shape index (κ2) is 8.95. The van der Waals surface area contributed by atoms with E-state index in [1.54, 1.807) is 43.3 Å². The van der Waals surface area contributed by atoms with E-state index in [0.29, 0.717) is 42.3 Å². The first-order valence-electron chi connectivity index (χ1n) is 9.66. The SMILES string of the molecule is Cc1ccc(S(=O)(=O)N2CCN(CC(=O)Nc3ccc(C(N)=O)cc3)CC2)c(C)c1. The number of sulfonamides is 1. The molecule has 1 fully saturated rings. The predicted octanol–water partition coefficient (Wildman–Crippen LogP) is 1.35. The topological polar surface area (TPSA) is 113 Å². The molecule has 2 aromatic carbocycles. The van der Waals surface area contributed by atoms with Crippen molar-refractivity contribution in [2.75, 3.05) is 38.0 Å². The second-order valence-corrected chi connectivity index (χ2v) is 9.35. The number of hydrogen-bond donors (Lipinski definition) is 2. The fourth-order valence-corrected chi connectivity index (χ4v) is 5.11. The molecular weight excluding hydrogens is 404 g/mol. The molecule has 2 aromatic rings. The van der Waals surface area contributed by atoms with Gasteiger partial charge in [0.25, 0.3) is 0 Å². The lowest BCUT2D eigenvalue weighted by Crippen LogP contribution is -2.50. The predicted molar refractivity (Wildman–Crippen MR) is 115 cm³/mol. The number of primary amides is 1. The van der Waals surface area contributed by atoms with Crippen LogP contribution >= 0.6 is 0 Å². The lowest BCUT2D eigenvalue weighted by molar-refractivity contribution is -0.117. The van der Waals surface area contributed by atoms with E-state index in [2.05, 4.69) is 5.32 Å². The maximum Gasteiger partial charge on any atom is 0.248 e. The first kappa shape index (κ1) is 21.9. The molecule has 1 aliphatic rings. The molecule has 1 heterocycles. The van der Waals surface area contributed by atoms with Gasteiger partial charge in [0.2, 0.25) is 21.8 Å². The number of nitrogens with two attached hydrogens (primary N) is 1. The number of benzene rings is 2. The Morgan fingerprint density at radius 2 is 1.63 bits per heavy atom. The smallest absolute Gasteiger partial charge is 0.248 e. The standard InChI is InChI=1S/C21H26N4O4S/c1-15-3-8-19(16(2)13-15)30(28,29)25-11-9-24(10-12-25)14-20(26)23-18-6-4-17(5-7-18)21(22)27/h3-8,13H,9-12,14H2,1-2H3,(H2,22,27)(H,23,26). The van der Waals surface area contributed by atoms with E-state index < -0.39 is 15.9 Å². The van der Waals surface area contributed by atoms with E-state index in [9.17, 15) is 18.0 Å². The van der Waals surface area contributed by atoms with Crippen LogP contribution in [0.5, 0.6) is 0 Å². The molecule has 1 saturated heterocycles. The number of nitrogens with one attached hydrogen (secondary N) is 1. The molecule has 1 aliphatic heterocycles. The van der Waals surface area contributed by atoms with E-state index in [1.807, 2.05) is 17.9 Å². The number of nitrogens with zero attached hydrogens (tertiary/aromatic N) is 2. The van der Waals surface area contributed by atoms with Crippen LogP contribution in [0.2, 0.25) is 0 Å². The monoisotopic (exact) mass is 430 g/mol. The molecule has 0 bridgehead atoms. The highest BCUT2D eigenvalue weighted by atomic mass is 32.2. The Labute approximate surface area is 176 Å². The highest BCUT2D eigenvalue weighted by molar-refractivity contribution is 7.89. The van der Waals surface area contributed by atoms with Crippen LogP contribution in [-0.2, 0) is 14.8 Å². The molecule has 2 amide bonds. The Balaban J connectivity index is 1.55. The number of aryl methyl sites for hydroxylation is 2. The van der Waals surface area contributed by atoms with Crippen molar-refractivity contribution in [3.63, 3.8) is 0 Å². The fourth-order valence-electron chi connectivity index (χ4n) is 3.48. The molecule has 8 nitrogen and oxygen atoms in total. The number of rotatable bonds is 6. The number of amides is 2. The third-order valence-electron chi connectivity index (χ3n) is 5.10. The Morgan fingerprint density at radius 1 is 1.00 bits per heavy atom. The summed E-state index contributed by atoms with van der Waals surface area (Å²) >= 11 is 0. The van der Waals surface area contributed by atoms with Crippen LogP contribution in [0.25, 0.3) is 0 Å². The van der Waals surface area contributed by atoms with Gasteiger partial charge in [-0.3, -0.25) is 14.5 Å². The van der Waals surface area contributed by atoms with Crippen molar-refractivity contribution in [1.29, 1.82) is 0 Å². The number of piperazine rings is 1. The highest BCUT2D eigenvalue weighted by Crippen LogP contribution is 2.22. The van der Waals surface area contributed by atoms with Crippen molar-refractivity contribution in [3.05, 3.63) is 59.2 Å². The zero-order valence-electron chi connectivity index (χ0n) is 17.1. The quantitative estimate of drug-likeness (QED) is 0.718. The van der Waals surface area contributed by atoms with Crippen molar-refractivity contribution in [2.24, 2.45) is 5.73 Å². The van der Waals surface area contributed by atoms with Gasteiger partial charge in [0, 0.05) is 37.4 Å². The van der Waals surface area contributed by atoms with Crippen molar-refractivity contribution in [2.45, 2.75) is 18.7 Å². The van der Waals surface area contributed by atoms with Gasteiger partial charge in [-0.05, 0) is 49.7 Å². The van der Waals surface area contributed by atoms with Crippen molar-refractivity contribution in [3.8, 4) is 0 Å². The van der Waals surface area contributed by atoms with Gasteiger partial charge in [-0.2, -0.15) is 4.31 Å². The molecule has 3 N–H and O–H groups in total. The van der Waals surface area contributed by atoms with E-state index in [1.165, 1.54) is 4.31 Å². The summed E-state index contributed by atoms with van der Waals surface area (Å²) in [5.74, 6) is -0.728. The molecule has 0 spiro atoms. The Bertz CT molecular complexity index is 1040. The normalized spacial score (nSPS) is 15.7. The van der Waals surface area contributed by atoms with Crippen molar-refractivity contribution in [1.82, 2.24) is 9.21 Å². The minimum absolute atomic E-state index is 0.162. The van der Waals surface area contributed by atoms with Crippen LogP contribution in [-0.4, -0.2) is 62.2 Å². The largest absolute Gasteiger partial charge is 0.366 e. The van der Waals surface area contributed by atoms with E-state index in [4.69, 9.17) is 5.73 Å². The van der Waals surface area contributed by atoms with E-state index in [-0.39, 0.29) is 12.5 Å². The minimum Gasteiger partial charge on any atom is -0.366 e. The van der Waals surface area contributed by atoms with Crippen LogP contribution < -0.4 is 11.1 Å². The molecule has 3 rings (SSSR count). The number of hydrogen-bond acceptors (Lipinski definition) is 5. The lowest BCUT2D eigenvalue weighted by Gasteiger charge is -2.33. The molecule has 0 atom stereocenters. The van der Waals surface area contributed by atoms with Crippen LogP contribution in [0.15, 0.2) is 47.4 Å². The summed E-state index contributed by atoms with van der Waals surface area (Å²) in [6, 6.07) is 11.7. The third-order valence-corrected chi connectivity index (χ3v) is 7.16. The van der Waals surface area contributed by atoms with Gasteiger partial charge in [0.05, 0.1) is 11.4 Å². The van der Waals surface area contributed by atoms with Gasteiger partial charge >= 0.3 is 0 Å².